The fraction of sp³-hybridized carbons (Fsp3) is 0.154. The van der Waals surface area contributed by atoms with Crippen LogP contribution in [0, 0.1) is 0 Å². The monoisotopic (exact) mass is 256 g/mol. The molecule has 0 amide bonds. The molecule has 0 saturated carbocycles. The van der Waals surface area contributed by atoms with Gasteiger partial charge in [-0.3, -0.25) is 0 Å². The average Bonchev–Trinajstić information content (AvgIpc) is 2.87. The molecule has 0 aliphatic rings. The van der Waals surface area contributed by atoms with Gasteiger partial charge in [0.25, 0.3) is 5.78 Å². The van der Waals surface area contributed by atoms with Gasteiger partial charge in [-0.25, -0.2) is 9.50 Å². The maximum atomic E-state index is 4.26. The van der Waals surface area contributed by atoms with Crippen molar-refractivity contribution in [3.05, 3.63) is 48.5 Å². The van der Waals surface area contributed by atoms with Gasteiger partial charge in [-0.15, -0.1) is 0 Å². The molecule has 3 rings (SSSR count). The van der Waals surface area contributed by atoms with Crippen LogP contribution in [0.25, 0.3) is 16.9 Å². The van der Waals surface area contributed by atoms with Crippen LogP contribution in [0.4, 0.5) is 0 Å². The van der Waals surface area contributed by atoms with E-state index in [0.29, 0.717) is 5.78 Å². The van der Waals surface area contributed by atoms with Gasteiger partial charge >= 0.3 is 0 Å². The minimum atomic E-state index is 0.623. The lowest BCUT2D eigenvalue weighted by Crippen LogP contribution is -1.92. The molecule has 5 heteroatoms. The number of hydrogen-bond donors (Lipinski definition) is 0. The lowest BCUT2D eigenvalue weighted by atomic mass is 10.1. The van der Waals surface area contributed by atoms with E-state index >= 15 is 0 Å². The second-order valence-electron chi connectivity index (χ2n) is 3.98. The first-order valence-corrected chi connectivity index (χ1v) is 7.00. The Morgan fingerprint density at radius 1 is 1.11 bits per heavy atom. The highest BCUT2D eigenvalue weighted by atomic mass is 32.2. The van der Waals surface area contributed by atoms with Crippen molar-refractivity contribution >= 4 is 17.5 Å². The number of fused-ring (bicyclic) bond motifs is 1. The van der Waals surface area contributed by atoms with Gasteiger partial charge in [-0.2, -0.15) is 21.8 Å². The van der Waals surface area contributed by atoms with Crippen molar-refractivity contribution in [2.45, 2.75) is 5.75 Å². The van der Waals surface area contributed by atoms with Gasteiger partial charge in [-0.05, 0) is 17.4 Å². The fourth-order valence-corrected chi connectivity index (χ4v) is 2.35. The standard InChI is InChI=1S/C13H12N4S/c1-18-8-10-2-4-11(5-3-10)12-6-14-13-15-9-16-17(13)7-12/h2-7,9H,8H2,1H3. The van der Waals surface area contributed by atoms with Gasteiger partial charge in [-0.1, -0.05) is 24.3 Å². The molecule has 0 bridgehead atoms. The molecule has 2 heterocycles. The first kappa shape index (κ1) is 11.2. The van der Waals surface area contributed by atoms with Gasteiger partial charge in [0.05, 0.1) is 0 Å². The Kier molecular flexibility index (Phi) is 2.98. The highest BCUT2D eigenvalue weighted by molar-refractivity contribution is 7.97. The summed E-state index contributed by atoms with van der Waals surface area (Å²) in [6.45, 7) is 0. The predicted octanol–water partition coefficient (Wildman–Crippen LogP) is 2.65. The normalized spacial score (nSPS) is 10.9. The van der Waals surface area contributed by atoms with Crippen LogP contribution >= 0.6 is 11.8 Å². The highest BCUT2D eigenvalue weighted by Crippen LogP contribution is 2.20. The van der Waals surface area contributed by atoms with Gasteiger partial charge in [0.1, 0.15) is 6.33 Å². The van der Waals surface area contributed by atoms with E-state index in [1.54, 1.807) is 4.52 Å². The van der Waals surface area contributed by atoms with Crippen LogP contribution in [-0.4, -0.2) is 25.8 Å². The van der Waals surface area contributed by atoms with Crippen LogP contribution in [0.5, 0.6) is 0 Å². The van der Waals surface area contributed by atoms with Crippen molar-refractivity contribution in [1.29, 1.82) is 0 Å². The summed E-state index contributed by atoms with van der Waals surface area (Å²) in [5.74, 6) is 1.67. The molecule has 2 aromatic heterocycles. The molecule has 0 radical (unpaired) electrons. The molecule has 1 aromatic carbocycles. The fourth-order valence-electron chi connectivity index (χ4n) is 1.83. The Morgan fingerprint density at radius 3 is 2.72 bits per heavy atom. The lowest BCUT2D eigenvalue weighted by Gasteiger charge is -2.03. The minimum absolute atomic E-state index is 0.623. The number of thioether (sulfide) groups is 1. The molecule has 0 atom stereocenters. The summed E-state index contributed by atoms with van der Waals surface area (Å²) in [5, 5.41) is 4.09. The molecule has 0 spiro atoms. The van der Waals surface area contributed by atoms with Gasteiger partial charge in [0.2, 0.25) is 0 Å². The van der Waals surface area contributed by atoms with Crippen molar-refractivity contribution in [1.82, 2.24) is 19.6 Å². The zero-order chi connectivity index (χ0) is 12.4. The minimum Gasteiger partial charge on any atom is -0.219 e. The third-order valence-electron chi connectivity index (χ3n) is 2.73. The first-order chi connectivity index (χ1) is 8.86. The first-order valence-electron chi connectivity index (χ1n) is 5.60. The number of aromatic nitrogens is 4. The molecule has 3 aromatic rings. The maximum Gasteiger partial charge on any atom is 0.252 e. The summed E-state index contributed by atoms with van der Waals surface area (Å²) in [7, 11) is 0. The van der Waals surface area contributed by atoms with Gasteiger partial charge < -0.3 is 0 Å². The summed E-state index contributed by atoms with van der Waals surface area (Å²) in [6.07, 6.45) is 7.39. The number of benzene rings is 1. The van der Waals surface area contributed by atoms with E-state index in [1.807, 2.05) is 24.2 Å². The number of nitrogens with zero attached hydrogens (tertiary/aromatic N) is 4. The van der Waals surface area contributed by atoms with Gasteiger partial charge in [0, 0.05) is 23.7 Å². The van der Waals surface area contributed by atoms with E-state index in [4.69, 9.17) is 0 Å². The Balaban J connectivity index is 1.97. The Morgan fingerprint density at radius 2 is 1.94 bits per heavy atom. The smallest absolute Gasteiger partial charge is 0.219 e. The van der Waals surface area contributed by atoms with Crippen molar-refractivity contribution in [2.75, 3.05) is 6.26 Å². The van der Waals surface area contributed by atoms with E-state index in [1.165, 1.54) is 11.9 Å². The van der Waals surface area contributed by atoms with E-state index in [2.05, 4.69) is 45.6 Å². The zero-order valence-electron chi connectivity index (χ0n) is 9.95. The third-order valence-corrected chi connectivity index (χ3v) is 3.35. The highest BCUT2D eigenvalue weighted by Gasteiger charge is 2.02. The van der Waals surface area contributed by atoms with Crippen LogP contribution in [0.15, 0.2) is 43.0 Å². The predicted molar refractivity (Wildman–Crippen MR) is 73.4 cm³/mol. The molecule has 18 heavy (non-hydrogen) atoms. The lowest BCUT2D eigenvalue weighted by molar-refractivity contribution is 0.941. The molecular formula is C13H12N4S. The largest absolute Gasteiger partial charge is 0.252 e. The third kappa shape index (κ3) is 2.09. The van der Waals surface area contributed by atoms with Crippen molar-refractivity contribution in [3.63, 3.8) is 0 Å². The van der Waals surface area contributed by atoms with Crippen LogP contribution < -0.4 is 0 Å². The summed E-state index contributed by atoms with van der Waals surface area (Å²) in [5.41, 5.74) is 3.52. The molecule has 90 valence electrons. The van der Waals surface area contributed by atoms with E-state index in [0.717, 1.165) is 16.9 Å². The molecular weight excluding hydrogens is 244 g/mol. The van der Waals surface area contributed by atoms with Crippen LogP contribution in [0.3, 0.4) is 0 Å². The number of hydrogen-bond acceptors (Lipinski definition) is 4. The van der Waals surface area contributed by atoms with Crippen molar-refractivity contribution in [2.24, 2.45) is 0 Å². The molecule has 0 aliphatic carbocycles. The topological polar surface area (TPSA) is 43.1 Å². The maximum absolute atomic E-state index is 4.26. The molecule has 0 fully saturated rings. The van der Waals surface area contributed by atoms with E-state index in [9.17, 15) is 0 Å². The van der Waals surface area contributed by atoms with Crippen LogP contribution in [-0.2, 0) is 5.75 Å². The Labute approximate surface area is 109 Å². The Hall–Kier alpha value is -1.88. The second kappa shape index (κ2) is 4.78. The average molecular weight is 256 g/mol. The molecule has 0 aliphatic heterocycles. The quantitative estimate of drug-likeness (QED) is 0.722. The Bertz CT molecular complexity index is 660. The molecule has 0 N–H and O–H groups in total. The molecule has 0 saturated heterocycles. The summed E-state index contributed by atoms with van der Waals surface area (Å²) in [4.78, 5) is 8.29. The van der Waals surface area contributed by atoms with Crippen LogP contribution in [0.2, 0.25) is 0 Å². The summed E-state index contributed by atoms with van der Waals surface area (Å²) < 4.78 is 1.69. The van der Waals surface area contributed by atoms with E-state index < -0.39 is 0 Å². The molecule has 0 unspecified atom stereocenters. The SMILES string of the molecule is CSCc1ccc(-c2cnc3ncnn3c2)cc1. The van der Waals surface area contributed by atoms with Crippen molar-refractivity contribution < 1.29 is 0 Å². The van der Waals surface area contributed by atoms with Gasteiger partial charge in [0.15, 0.2) is 0 Å². The molecule has 4 nitrogen and oxygen atoms in total. The summed E-state index contributed by atoms with van der Waals surface area (Å²) >= 11 is 1.82. The van der Waals surface area contributed by atoms with Crippen molar-refractivity contribution in [3.8, 4) is 11.1 Å². The summed E-state index contributed by atoms with van der Waals surface area (Å²) in [6, 6.07) is 8.53. The number of rotatable bonds is 3. The van der Waals surface area contributed by atoms with Crippen LogP contribution in [0.1, 0.15) is 5.56 Å². The second-order valence-corrected chi connectivity index (χ2v) is 4.84. The zero-order valence-corrected chi connectivity index (χ0v) is 10.8. The van der Waals surface area contributed by atoms with E-state index in [-0.39, 0.29) is 0 Å².